The third kappa shape index (κ3) is 3.75. The van der Waals surface area contributed by atoms with Gasteiger partial charge in [-0.05, 0) is 46.6 Å². The molecule has 1 aromatic carbocycles. The predicted molar refractivity (Wildman–Crippen MR) is 85.1 cm³/mol. The van der Waals surface area contributed by atoms with Crippen molar-refractivity contribution in [1.29, 1.82) is 5.26 Å². The number of halogens is 1. The van der Waals surface area contributed by atoms with Crippen LogP contribution in [0.15, 0.2) is 38.3 Å². The minimum absolute atomic E-state index is 0.150. The summed E-state index contributed by atoms with van der Waals surface area (Å²) in [5.41, 5.74) is 1.16. The maximum Gasteiger partial charge on any atom is 0.271 e. The van der Waals surface area contributed by atoms with E-state index < -0.39 is 10.0 Å². The van der Waals surface area contributed by atoms with Crippen LogP contribution in [0.4, 0.5) is 5.69 Å². The molecule has 0 saturated heterocycles. The van der Waals surface area contributed by atoms with E-state index >= 15 is 0 Å². The number of sulfonamides is 1. The van der Waals surface area contributed by atoms with Gasteiger partial charge in [-0.15, -0.1) is 11.3 Å². The Hall–Kier alpha value is -1.56. The smallest absolute Gasteiger partial charge is 0.271 e. The lowest BCUT2D eigenvalue weighted by atomic mass is 10.3. The number of hydrogen-bond acceptors (Lipinski definition) is 5. The highest BCUT2D eigenvalue weighted by atomic mass is 79.9. The molecule has 1 N–H and O–H groups in total. The minimum atomic E-state index is -3.69. The van der Waals surface area contributed by atoms with Crippen LogP contribution in [0.2, 0.25) is 0 Å². The van der Waals surface area contributed by atoms with Crippen molar-refractivity contribution in [3.8, 4) is 11.8 Å². The lowest BCUT2D eigenvalue weighted by Gasteiger charge is -2.11. The molecular weight excluding hydrogens is 376 g/mol. The molecule has 0 aliphatic rings. The predicted octanol–water partition coefficient (Wildman–Crippen LogP) is 3.52. The summed E-state index contributed by atoms with van der Waals surface area (Å²) in [5, 5.41) is 8.55. The number of nitrogens with one attached hydrogen (secondary N) is 1. The second kappa shape index (κ2) is 6.47. The zero-order valence-corrected chi connectivity index (χ0v) is 14.2. The molecule has 0 saturated carbocycles. The molecular formula is C13H11BrN2O3S2. The van der Waals surface area contributed by atoms with Crippen LogP contribution >= 0.6 is 27.3 Å². The number of rotatable bonds is 5. The van der Waals surface area contributed by atoms with Crippen molar-refractivity contribution < 1.29 is 13.2 Å². The summed E-state index contributed by atoms with van der Waals surface area (Å²) in [6.45, 7) is 1.67. The van der Waals surface area contributed by atoms with Crippen LogP contribution < -0.4 is 9.46 Å². The second-order valence-electron chi connectivity index (χ2n) is 4.07. The lowest BCUT2D eigenvalue weighted by Crippen LogP contribution is -2.12. The van der Waals surface area contributed by atoms with E-state index in [2.05, 4.69) is 20.7 Å². The summed E-state index contributed by atoms with van der Waals surface area (Å²) in [6, 6.07) is 10.0. The highest BCUT2D eigenvalue weighted by molar-refractivity contribution is 9.11. The van der Waals surface area contributed by atoms with Gasteiger partial charge >= 0.3 is 0 Å². The van der Waals surface area contributed by atoms with Crippen LogP contribution in [-0.4, -0.2) is 15.0 Å². The van der Waals surface area contributed by atoms with Crippen molar-refractivity contribution in [3.05, 3.63) is 39.7 Å². The monoisotopic (exact) mass is 386 g/mol. The summed E-state index contributed by atoms with van der Waals surface area (Å²) in [4.78, 5) is 0. The first kappa shape index (κ1) is 15.8. The number of thiophene rings is 1. The largest absolute Gasteiger partial charge is 0.477 e. The molecule has 0 bridgehead atoms. The van der Waals surface area contributed by atoms with E-state index in [0.717, 1.165) is 20.7 Å². The molecule has 1 aromatic heterocycles. The molecule has 21 heavy (non-hydrogen) atoms. The van der Waals surface area contributed by atoms with Crippen molar-refractivity contribution >= 4 is 43.0 Å². The minimum Gasteiger partial charge on any atom is -0.477 e. The molecule has 2 rings (SSSR count). The highest BCUT2D eigenvalue weighted by Crippen LogP contribution is 2.33. The molecule has 2 aromatic rings. The van der Waals surface area contributed by atoms with E-state index in [1.807, 2.05) is 13.0 Å². The van der Waals surface area contributed by atoms with Crippen molar-refractivity contribution in [2.24, 2.45) is 0 Å². The van der Waals surface area contributed by atoms with Gasteiger partial charge in [0.2, 0.25) is 0 Å². The number of benzene rings is 1. The standard InChI is InChI=1S/C13H11BrN2O3S2/c1-9-8-12(20-13(9)14)21(17,18)16-10-4-2-3-5-11(10)19-7-6-15/h2-5,8,16H,7H2,1H3. The van der Waals surface area contributed by atoms with Gasteiger partial charge in [0.1, 0.15) is 16.0 Å². The van der Waals surface area contributed by atoms with Crippen molar-refractivity contribution in [3.63, 3.8) is 0 Å². The summed E-state index contributed by atoms with van der Waals surface area (Å²) in [7, 11) is -3.69. The first-order valence-electron chi connectivity index (χ1n) is 5.81. The quantitative estimate of drug-likeness (QED) is 0.852. The number of anilines is 1. The van der Waals surface area contributed by atoms with Crippen LogP contribution in [0, 0.1) is 18.3 Å². The number of ether oxygens (including phenoxy) is 1. The van der Waals surface area contributed by atoms with Crippen LogP contribution in [0.3, 0.4) is 0 Å². The zero-order valence-electron chi connectivity index (χ0n) is 11.0. The molecule has 0 spiro atoms. The van der Waals surface area contributed by atoms with Crippen LogP contribution in [0.25, 0.3) is 0 Å². The number of aryl methyl sites for hydroxylation is 1. The first-order chi connectivity index (χ1) is 9.94. The van der Waals surface area contributed by atoms with Gasteiger partial charge in [0.25, 0.3) is 10.0 Å². The van der Waals surface area contributed by atoms with E-state index in [9.17, 15) is 8.42 Å². The fourth-order valence-electron chi connectivity index (χ4n) is 1.55. The fourth-order valence-corrected chi connectivity index (χ4v) is 4.84. The molecule has 5 nitrogen and oxygen atoms in total. The SMILES string of the molecule is Cc1cc(S(=O)(=O)Nc2ccccc2OCC#N)sc1Br. The van der Waals surface area contributed by atoms with Crippen molar-refractivity contribution in [2.45, 2.75) is 11.1 Å². The summed E-state index contributed by atoms with van der Waals surface area (Å²) in [5.74, 6) is 0.315. The van der Waals surface area contributed by atoms with Crippen LogP contribution in [0.1, 0.15) is 5.56 Å². The van der Waals surface area contributed by atoms with Crippen LogP contribution in [-0.2, 0) is 10.0 Å². The molecule has 0 aliphatic heterocycles. The third-order valence-electron chi connectivity index (χ3n) is 2.52. The van der Waals surface area contributed by atoms with E-state index in [1.165, 1.54) is 0 Å². The molecule has 1 heterocycles. The Morgan fingerprint density at radius 2 is 2.14 bits per heavy atom. The van der Waals surface area contributed by atoms with Gasteiger partial charge in [0.05, 0.1) is 9.47 Å². The molecule has 0 fully saturated rings. The van der Waals surface area contributed by atoms with Gasteiger partial charge in [0, 0.05) is 0 Å². The molecule has 110 valence electrons. The Balaban J connectivity index is 2.31. The Morgan fingerprint density at radius 3 is 2.76 bits per heavy atom. The van der Waals surface area contributed by atoms with E-state index in [-0.39, 0.29) is 10.8 Å². The summed E-state index contributed by atoms with van der Waals surface area (Å²) >= 11 is 4.45. The Kier molecular flexibility index (Phi) is 4.88. The van der Waals surface area contributed by atoms with Gasteiger partial charge in [0.15, 0.2) is 6.61 Å². The molecule has 0 amide bonds. The Morgan fingerprint density at radius 1 is 1.43 bits per heavy atom. The number of nitriles is 1. The average molecular weight is 387 g/mol. The summed E-state index contributed by atoms with van der Waals surface area (Å²) < 4.78 is 33.4. The average Bonchev–Trinajstić information content (AvgIpc) is 2.78. The number of nitrogens with zero attached hydrogens (tertiary/aromatic N) is 1. The molecule has 0 radical (unpaired) electrons. The number of hydrogen-bond donors (Lipinski definition) is 1. The van der Waals surface area contributed by atoms with Gasteiger partial charge in [-0.1, -0.05) is 12.1 Å². The zero-order chi connectivity index (χ0) is 15.5. The Bertz CT molecular complexity index is 774. The van der Waals surface area contributed by atoms with Crippen molar-refractivity contribution in [2.75, 3.05) is 11.3 Å². The first-order valence-corrected chi connectivity index (χ1v) is 8.91. The number of para-hydroxylation sites is 2. The van der Waals surface area contributed by atoms with E-state index in [0.29, 0.717) is 11.4 Å². The van der Waals surface area contributed by atoms with Gasteiger partial charge in [-0.25, -0.2) is 8.42 Å². The lowest BCUT2D eigenvalue weighted by molar-refractivity contribution is 0.370. The molecule has 0 unspecified atom stereocenters. The summed E-state index contributed by atoms with van der Waals surface area (Å²) in [6.07, 6.45) is 0. The maximum atomic E-state index is 12.4. The Labute approximate surface area is 135 Å². The highest BCUT2D eigenvalue weighted by Gasteiger charge is 2.20. The van der Waals surface area contributed by atoms with Crippen molar-refractivity contribution in [1.82, 2.24) is 0 Å². The van der Waals surface area contributed by atoms with E-state index in [1.54, 1.807) is 30.3 Å². The topological polar surface area (TPSA) is 79.2 Å². The van der Waals surface area contributed by atoms with Gasteiger partial charge in [-0.2, -0.15) is 5.26 Å². The normalized spacial score (nSPS) is 10.9. The fraction of sp³-hybridized carbons (Fsp3) is 0.154. The van der Waals surface area contributed by atoms with Gasteiger partial charge in [-0.3, -0.25) is 4.72 Å². The maximum absolute atomic E-state index is 12.4. The molecule has 0 aliphatic carbocycles. The van der Waals surface area contributed by atoms with Gasteiger partial charge < -0.3 is 4.74 Å². The van der Waals surface area contributed by atoms with E-state index in [4.69, 9.17) is 10.00 Å². The van der Waals surface area contributed by atoms with Crippen LogP contribution in [0.5, 0.6) is 5.75 Å². The molecule has 8 heteroatoms. The third-order valence-corrected chi connectivity index (χ3v) is 6.50. The molecule has 0 atom stereocenters. The second-order valence-corrected chi connectivity index (χ2v) is 8.35.